The van der Waals surface area contributed by atoms with Crippen LogP contribution in [0.1, 0.15) is 26.3 Å². The molecule has 0 N–H and O–H groups in total. The van der Waals surface area contributed by atoms with Crippen molar-refractivity contribution < 1.29 is 34.9 Å². The fourth-order valence-electron chi connectivity index (χ4n) is 3.44. The number of thioether (sulfide) groups is 1. The minimum Gasteiger partial charge on any atom is -0.266 e. The van der Waals surface area contributed by atoms with E-state index in [0.717, 1.165) is 11.8 Å². The molecule has 2 amide bonds. The molecular formula is C22H19NO8S3. The van der Waals surface area contributed by atoms with Crippen LogP contribution in [0.4, 0.5) is 0 Å². The zero-order valence-electron chi connectivity index (χ0n) is 18.0. The van der Waals surface area contributed by atoms with E-state index in [4.69, 9.17) is 4.18 Å². The van der Waals surface area contributed by atoms with E-state index < -0.39 is 32.1 Å². The maximum Gasteiger partial charge on any atom is 0.296 e. The van der Waals surface area contributed by atoms with Gasteiger partial charge < -0.3 is 0 Å². The molecule has 1 heterocycles. The number of amides is 2. The number of rotatable bonds is 8. The second-order valence-corrected chi connectivity index (χ2v) is 11.8. The van der Waals surface area contributed by atoms with Crippen LogP contribution in [0, 0.1) is 6.92 Å². The molecule has 0 aliphatic carbocycles. The Balaban J connectivity index is 1.54. The van der Waals surface area contributed by atoms with Crippen molar-refractivity contribution in [3.05, 3.63) is 71.3 Å². The van der Waals surface area contributed by atoms with E-state index in [9.17, 15) is 26.4 Å². The molecule has 1 aliphatic rings. The molecule has 9 nitrogen and oxygen atoms in total. The molecule has 1 aliphatic heterocycles. The zero-order chi connectivity index (χ0) is 24.7. The highest BCUT2D eigenvalue weighted by molar-refractivity contribution is 7.99. The minimum atomic E-state index is -4.10. The van der Waals surface area contributed by atoms with E-state index in [1.54, 1.807) is 30.3 Å². The van der Waals surface area contributed by atoms with E-state index in [2.05, 4.69) is 4.28 Å². The van der Waals surface area contributed by atoms with Crippen molar-refractivity contribution in [1.29, 1.82) is 0 Å². The van der Waals surface area contributed by atoms with E-state index >= 15 is 0 Å². The highest BCUT2D eigenvalue weighted by Gasteiger charge is 2.36. The van der Waals surface area contributed by atoms with Crippen molar-refractivity contribution in [2.24, 2.45) is 0 Å². The van der Waals surface area contributed by atoms with Gasteiger partial charge in [0, 0.05) is 16.0 Å². The molecule has 0 spiro atoms. The fourth-order valence-corrected chi connectivity index (χ4v) is 5.74. The summed E-state index contributed by atoms with van der Waals surface area (Å²) < 4.78 is 57.4. The maximum atomic E-state index is 12.8. The number of nitrogens with zero attached hydrogens (tertiary/aromatic N) is 1. The van der Waals surface area contributed by atoms with Gasteiger partial charge in [0.05, 0.1) is 28.9 Å². The standard InChI is InChI=1S/C22H19NO8S3/c1-14-6-8-15(9-7-14)34(28,29)30-12-13-32-19-11-10-18-20-16(19)4-3-5-17(20)21(24)23(22(18)25)31-33(2,26)27/h3-11H,12-13H2,1-2H3. The third-order valence-electron chi connectivity index (χ3n) is 4.93. The molecule has 0 radical (unpaired) electrons. The van der Waals surface area contributed by atoms with Gasteiger partial charge in [-0.2, -0.15) is 16.8 Å². The molecule has 0 saturated heterocycles. The Bertz CT molecular complexity index is 1490. The van der Waals surface area contributed by atoms with Gasteiger partial charge in [0.1, 0.15) is 0 Å². The lowest BCUT2D eigenvalue weighted by molar-refractivity contribution is -0.0149. The lowest BCUT2D eigenvalue weighted by Crippen LogP contribution is -2.41. The van der Waals surface area contributed by atoms with E-state index in [-0.39, 0.29) is 33.4 Å². The third-order valence-corrected chi connectivity index (χ3v) is 7.71. The van der Waals surface area contributed by atoms with Crippen LogP contribution >= 0.6 is 11.8 Å². The molecule has 0 bridgehead atoms. The smallest absolute Gasteiger partial charge is 0.266 e. The quantitative estimate of drug-likeness (QED) is 0.190. The summed E-state index contributed by atoms with van der Waals surface area (Å²) in [4.78, 5) is 26.3. The van der Waals surface area contributed by atoms with Crippen LogP contribution in [0.5, 0.6) is 0 Å². The molecule has 178 valence electrons. The van der Waals surface area contributed by atoms with Crippen molar-refractivity contribution >= 4 is 54.6 Å². The fraction of sp³-hybridized carbons (Fsp3) is 0.182. The van der Waals surface area contributed by atoms with Crippen molar-refractivity contribution in [3.8, 4) is 0 Å². The largest absolute Gasteiger partial charge is 0.296 e. The second kappa shape index (κ2) is 9.12. The summed E-state index contributed by atoms with van der Waals surface area (Å²) in [6, 6.07) is 14.3. The van der Waals surface area contributed by atoms with Crippen LogP contribution in [-0.4, -0.2) is 52.3 Å². The topological polar surface area (TPSA) is 124 Å². The van der Waals surface area contributed by atoms with E-state index in [1.165, 1.54) is 36.0 Å². The number of carbonyl (C=O) groups is 2. The zero-order valence-corrected chi connectivity index (χ0v) is 20.5. The summed E-state index contributed by atoms with van der Waals surface area (Å²) in [5.74, 6) is -1.49. The van der Waals surface area contributed by atoms with Crippen LogP contribution in [-0.2, 0) is 28.7 Å². The van der Waals surface area contributed by atoms with Crippen LogP contribution < -0.4 is 0 Å². The van der Waals surface area contributed by atoms with Gasteiger partial charge in [-0.1, -0.05) is 29.8 Å². The van der Waals surface area contributed by atoms with Crippen LogP contribution in [0.25, 0.3) is 10.8 Å². The van der Waals surface area contributed by atoms with E-state index in [0.29, 0.717) is 15.7 Å². The molecule has 34 heavy (non-hydrogen) atoms. The predicted molar refractivity (Wildman–Crippen MR) is 125 cm³/mol. The lowest BCUT2D eigenvalue weighted by atomic mass is 9.95. The first-order chi connectivity index (χ1) is 16.0. The van der Waals surface area contributed by atoms with Gasteiger partial charge >= 0.3 is 0 Å². The number of imide groups is 1. The summed E-state index contributed by atoms with van der Waals surface area (Å²) in [7, 11) is -7.99. The summed E-state index contributed by atoms with van der Waals surface area (Å²) in [5, 5.41) is 1.22. The number of aryl methyl sites for hydroxylation is 1. The lowest BCUT2D eigenvalue weighted by Gasteiger charge is -2.25. The highest BCUT2D eigenvalue weighted by atomic mass is 32.2. The molecule has 0 unspecified atom stereocenters. The van der Waals surface area contributed by atoms with Gasteiger partial charge in [0.25, 0.3) is 32.1 Å². The number of benzene rings is 3. The molecular weight excluding hydrogens is 502 g/mol. The molecule has 0 atom stereocenters. The van der Waals surface area contributed by atoms with Crippen molar-refractivity contribution in [3.63, 3.8) is 0 Å². The second-order valence-electron chi connectivity index (χ2n) is 7.46. The third kappa shape index (κ3) is 4.86. The van der Waals surface area contributed by atoms with E-state index in [1.807, 2.05) is 6.92 Å². The van der Waals surface area contributed by atoms with Crippen molar-refractivity contribution in [2.75, 3.05) is 18.6 Å². The Morgan fingerprint density at radius 2 is 1.53 bits per heavy atom. The Morgan fingerprint density at radius 3 is 2.18 bits per heavy atom. The molecule has 4 rings (SSSR count). The first-order valence-corrected chi connectivity index (χ1v) is 14.1. The first kappa shape index (κ1) is 24.4. The van der Waals surface area contributed by atoms with Crippen LogP contribution in [0.2, 0.25) is 0 Å². The maximum absolute atomic E-state index is 12.8. The molecule has 0 fully saturated rings. The molecule has 0 aromatic heterocycles. The van der Waals surface area contributed by atoms with Crippen LogP contribution in [0.3, 0.4) is 0 Å². The monoisotopic (exact) mass is 521 g/mol. The van der Waals surface area contributed by atoms with Crippen molar-refractivity contribution in [2.45, 2.75) is 16.7 Å². The number of hydrogen-bond donors (Lipinski definition) is 0. The Labute approximate surface area is 200 Å². The van der Waals surface area contributed by atoms with Gasteiger partial charge in [-0.05, 0) is 42.6 Å². The summed E-state index contributed by atoms with van der Waals surface area (Å²) in [6.07, 6.45) is 0.741. The Hall–Kier alpha value is -2.77. The first-order valence-electron chi connectivity index (χ1n) is 9.91. The summed E-state index contributed by atoms with van der Waals surface area (Å²) in [5.41, 5.74) is 1.17. The normalized spacial score (nSPS) is 14.1. The number of carbonyl (C=O) groups excluding carboxylic acids is 2. The number of hydroxylamine groups is 2. The minimum absolute atomic E-state index is 0.0718. The van der Waals surface area contributed by atoms with Crippen molar-refractivity contribution in [1.82, 2.24) is 5.06 Å². The molecule has 0 saturated carbocycles. The van der Waals surface area contributed by atoms with Gasteiger partial charge in [-0.15, -0.1) is 21.1 Å². The Kier molecular flexibility index (Phi) is 6.53. The van der Waals surface area contributed by atoms with Gasteiger partial charge in [0.15, 0.2) is 0 Å². The van der Waals surface area contributed by atoms with Gasteiger partial charge in [-0.3, -0.25) is 13.8 Å². The highest BCUT2D eigenvalue weighted by Crippen LogP contribution is 2.36. The van der Waals surface area contributed by atoms with Gasteiger partial charge in [-0.25, -0.2) is 0 Å². The predicted octanol–water partition coefficient (Wildman–Crippen LogP) is 3.13. The molecule has 3 aromatic carbocycles. The average Bonchev–Trinajstić information content (AvgIpc) is 2.78. The number of hydrogen-bond acceptors (Lipinski definition) is 9. The van der Waals surface area contributed by atoms with Gasteiger partial charge in [0.2, 0.25) is 0 Å². The summed E-state index contributed by atoms with van der Waals surface area (Å²) >= 11 is 1.30. The SMILES string of the molecule is Cc1ccc(S(=O)(=O)OCCSc2ccc3c4c(cccc24)C(=O)N(OS(C)(=O)=O)C3=O)cc1. The average molecular weight is 522 g/mol. The molecule has 12 heteroatoms. The van der Waals surface area contributed by atoms with Crippen LogP contribution in [0.15, 0.2) is 64.4 Å². The molecule has 3 aromatic rings. The summed E-state index contributed by atoms with van der Waals surface area (Å²) in [6.45, 7) is 1.77. The Morgan fingerprint density at radius 1 is 0.882 bits per heavy atom.